The maximum absolute atomic E-state index is 12.9. The molecule has 25 heavy (non-hydrogen) atoms. The fraction of sp³-hybridized carbons (Fsp3) is 0.0556. The molecule has 3 aromatic rings. The molecule has 1 aromatic heterocycles. The Morgan fingerprint density at radius 2 is 1.80 bits per heavy atom. The van der Waals surface area contributed by atoms with E-state index >= 15 is 0 Å². The monoisotopic (exact) mass is 338 g/mol. The lowest BCUT2D eigenvalue weighted by molar-refractivity contribution is 0.102. The standard InChI is InChI=1S/C18H15FN4O2/c1-25-16-5-3-2-4-14(16)23-18(24)15-10-21-17(11-20-15)22-13-8-6-12(19)7-9-13/h2-11H,1H3,(H,21,22)(H,23,24). The summed E-state index contributed by atoms with van der Waals surface area (Å²) in [5, 5.41) is 5.70. The first-order valence-electron chi connectivity index (χ1n) is 7.45. The number of hydrogen-bond donors (Lipinski definition) is 2. The number of methoxy groups -OCH3 is 1. The number of nitrogens with zero attached hydrogens (tertiary/aromatic N) is 2. The summed E-state index contributed by atoms with van der Waals surface area (Å²) in [7, 11) is 1.53. The Balaban J connectivity index is 1.69. The highest BCUT2D eigenvalue weighted by Gasteiger charge is 2.11. The molecule has 126 valence electrons. The van der Waals surface area contributed by atoms with Crippen LogP contribution in [0.15, 0.2) is 60.9 Å². The van der Waals surface area contributed by atoms with Crippen molar-refractivity contribution in [2.24, 2.45) is 0 Å². The van der Waals surface area contributed by atoms with Crippen LogP contribution in [0.1, 0.15) is 10.5 Å². The van der Waals surface area contributed by atoms with E-state index in [1.165, 1.54) is 31.6 Å². The lowest BCUT2D eigenvalue weighted by Gasteiger charge is -2.09. The van der Waals surface area contributed by atoms with Crippen LogP contribution in [0.4, 0.5) is 21.6 Å². The first-order valence-corrected chi connectivity index (χ1v) is 7.45. The molecule has 0 radical (unpaired) electrons. The second-order valence-corrected chi connectivity index (χ2v) is 5.07. The molecule has 6 nitrogen and oxygen atoms in total. The van der Waals surface area contributed by atoms with E-state index in [0.29, 0.717) is 22.9 Å². The summed E-state index contributed by atoms with van der Waals surface area (Å²) in [4.78, 5) is 20.5. The average molecular weight is 338 g/mol. The smallest absolute Gasteiger partial charge is 0.275 e. The minimum atomic E-state index is -0.398. The molecular formula is C18H15FN4O2. The Kier molecular flexibility index (Phi) is 4.84. The molecule has 3 rings (SSSR count). The quantitative estimate of drug-likeness (QED) is 0.743. The third-order valence-corrected chi connectivity index (χ3v) is 3.36. The molecule has 0 aliphatic heterocycles. The fourth-order valence-corrected chi connectivity index (χ4v) is 2.13. The maximum atomic E-state index is 12.9. The molecule has 0 aliphatic carbocycles. The van der Waals surface area contributed by atoms with E-state index in [9.17, 15) is 9.18 Å². The molecular weight excluding hydrogens is 323 g/mol. The van der Waals surface area contributed by atoms with Crippen LogP contribution in [0.3, 0.4) is 0 Å². The van der Waals surface area contributed by atoms with Crippen molar-refractivity contribution < 1.29 is 13.9 Å². The summed E-state index contributed by atoms with van der Waals surface area (Å²) in [5.74, 6) is 0.282. The van der Waals surface area contributed by atoms with E-state index in [4.69, 9.17) is 4.74 Å². The zero-order chi connectivity index (χ0) is 17.6. The van der Waals surface area contributed by atoms with Gasteiger partial charge in [0.2, 0.25) is 0 Å². The number of anilines is 3. The predicted molar refractivity (Wildman–Crippen MR) is 92.7 cm³/mol. The number of ether oxygens (including phenoxy) is 1. The van der Waals surface area contributed by atoms with Crippen molar-refractivity contribution in [1.29, 1.82) is 0 Å². The molecule has 2 N–H and O–H groups in total. The second kappa shape index (κ2) is 7.39. The number of carbonyl (C=O) groups excluding carboxylic acids is 1. The highest BCUT2D eigenvalue weighted by atomic mass is 19.1. The number of hydrogen-bond acceptors (Lipinski definition) is 5. The van der Waals surface area contributed by atoms with E-state index in [0.717, 1.165) is 0 Å². The molecule has 0 unspecified atom stereocenters. The molecule has 0 atom stereocenters. The minimum Gasteiger partial charge on any atom is -0.495 e. The van der Waals surface area contributed by atoms with Gasteiger partial charge < -0.3 is 15.4 Å². The number of carbonyl (C=O) groups is 1. The molecule has 7 heteroatoms. The van der Waals surface area contributed by atoms with Crippen molar-refractivity contribution in [1.82, 2.24) is 9.97 Å². The lowest BCUT2D eigenvalue weighted by Crippen LogP contribution is -2.14. The van der Waals surface area contributed by atoms with E-state index in [1.807, 2.05) is 6.07 Å². The molecule has 0 saturated heterocycles. The number of para-hydroxylation sites is 2. The molecule has 0 saturated carbocycles. The first-order chi connectivity index (χ1) is 12.2. The van der Waals surface area contributed by atoms with Crippen LogP contribution in [-0.2, 0) is 0 Å². The van der Waals surface area contributed by atoms with Crippen LogP contribution in [0.5, 0.6) is 5.75 Å². The molecule has 0 spiro atoms. The third kappa shape index (κ3) is 4.08. The highest BCUT2D eigenvalue weighted by molar-refractivity contribution is 6.03. The van der Waals surface area contributed by atoms with Crippen LogP contribution in [0.25, 0.3) is 0 Å². The number of benzene rings is 2. The van der Waals surface area contributed by atoms with Crippen molar-refractivity contribution in [3.8, 4) is 5.75 Å². The zero-order valence-electron chi connectivity index (χ0n) is 13.4. The summed E-state index contributed by atoms with van der Waals surface area (Å²) < 4.78 is 18.1. The van der Waals surface area contributed by atoms with Gasteiger partial charge in [-0.25, -0.2) is 14.4 Å². The van der Waals surface area contributed by atoms with Gasteiger partial charge in [-0.2, -0.15) is 0 Å². The summed E-state index contributed by atoms with van der Waals surface area (Å²) >= 11 is 0. The summed E-state index contributed by atoms with van der Waals surface area (Å²) in [6, 6.07) is 12.9. The van der Waals surface area contributed by atoms with Crippen molar-refractivity contribution in [3.05, 3.63) is 72.4 Å². The molecule has 2 aromatic carbocycles. The van der Waals surface area contributed by atoms with Gasteiger partial charge in [0.25, 0.3) is 5.91 Å². The number of rotatable bonds is 5. The van der Waals surface area contributed by atoms with Gasteiger partial charge in [0.05, 0.1) is 25.2 Å². The molecule has 1 heterocycles. The van der Waals surface area contributed by atoms with E-state index in [2.05, 4.69) is 20.6 Å². The van der Waals surface area contributed by atoms with Gasteiger partial charge in [0.1, 0.15) is 23.1 Å². The van der Waals surface area contributed by atoms with Crippen LogP contribution in [0.2, 0.25) is 0 Å². The maximum Gasteiger partial charge on any atom is 0.275 e. The van der Waals surface area contributed by atoms with E-state index in [-0.39, 0.29) is 11.5 Å². The molecule has 1 amide bonds. The zero-order valence-corrected chi connectivity index (χ0v) is 13.4. The predicted octanol–water partition coefficient (Wildman–Crippen LogP) is 3.62. The Morgan fingerprint density at radius 3 is 2.48 bits per heavy atom. The van der Waals surface area contributed by atoms with Gasteiger partial charge in [0, 0.05) is 5.69 Å². The van der Waals surface area contributed by atoms with Crippen LogP contribution in [-0.4, -0.2) is 23.0 Å². The van der Waals surface area contributed by atoms with Gasteiger partial charge in [-0.1, -0.05) is 12.1 Å². The number of amides is 1. The Labute approximate surface area is 143 Å². The van der Waals surface area contributed by atoms with Gasteiger partial charge in [-0.3, -0.25) is 4.79 Å². The molecule has 0 aliphatic rings. The second-order valence-electron chi connectivity index (χ2n) is 5.07. The van der Waals surface area contributed by atoms with Gasteiger partial charge in [0.15, 0.2) is 0 Å². The Bertz CT molecular complexity index is 867. The van der Waals surface area contributed by atoms with E-state index in [1.54, 1.807) is 30.3 Å². The van der Waals surface area contributed by atoms with Crippen molar-refractivity contribution >= 4 is 23.1 Å². The summed E-state index contributed by atoms with van der Waals surface area (Å²) in [5.41, 5.74) is 1.38. The number of halogens is 1. The summed E-state index contributed by atoms with van der Waals surface area (Å²) in [6.07, 6.45) is 2.79. The lowest BCUT2D eigenvalue weighted by atomic mass is 10.3. The van der Waals surface area contributed by atoms with Gasteiger partial charge in [-0.15, -0.1) is 0 Å². The largest absolute Gasteiger partial charge is 0.495 e. The van der Waals surface area contributed by atoms with Crippen LogP contribution >= 0.6 is 0 Å². The van der Waals surface area contributed by atoms with Crippen LogP contribution in [0, 0.1) is 5.82 Å². The Morgan fingerprint density at radius 1 is 1.04 bits per heavy atom. The van der Waals surface area contributed by atoms with Gasteiger partial charge >= 0.3 is 0 Å². The third-order valence-electron chi connectivity index (χ3n) is 3.36. The fourth-order valence-electron chi connectivity index (χ4n) is 2.13. The van der Waals surface area contributed by atoms with Crippen molar-refractivity contribution in [2.45, 2.75) is 0 Å². The Hall–Kier alpha value is -3.48. The molecule has 0 bridgehead atoms. The highest BCUT2D eigenvalue weighted by Crippen LogP contribution is 2.23. The van der Waals surface area contributed by atoms with Crippen molar-refractivity contribution in [3.63, 3.8) is 0 Å². The topological polar surface area (TPSA) is 76.1 Å². The minimum absolute atomic E-state index is 0.163. The first kappa shape index (κ1) is 16.4. The number of nitrogens with one attached hydrogen (secondary N) is 2. The van der Waals surface area contributed by atoms with Gasteiger partial charge in [-0.05, 0) is 36.4 Å². The number of aromatic nitrogens is 2. The SMILES string of the molecule is COc1ccccc1NC(=O)c1cnc(Nc2ccc(F)cc2)cn1. The average Bonchev–Trinajstić information content (AvgIpc) is 2.64. The van der Waals surface area contributed by atoms with E-state index < -0.39 is 5.91 Å². The normalized spacial score (nSPS) is 10.2. The van der Waals surface area contributed by atoms with Crippen LogP contribution < -0.4 is 15.4 Å². The summed E-state index contributed by atoms with van der Waals surface area (Å²) in [6.45, 7) is 0. The van der Waals surface area contributed by atoms with Crippen molar-refractivity contribution in [2.75, 3.05) is 17.7 Å². The molecule has 0 fully saturated rings.